The van der Waals surface area contributed by atoms with Gasteiger partial charge in [-0.05, 0) is 38.1 Å². The fourth-order valence-electron chi connectivity index (χ4n) is 2.22. The van der Waals surface area contributed by atoms with Crippen LogP contribution in [-0.4, -0.2) is 44.1 Å². The lowest BCUT2D eigenvalue weighted by atomic mass is 10.2. The molecule has 1 aromatic heterocycles. The average Bonchev–Trinajstić information content (AvgIpc) is 3.22. The second-order valence-electron chi connectivity index (χ2n) is 5.81. The van der Waals surface area contributed by atoms with Crippen LogP contribution in [0.1, 0.15) is 24.4 Å². The summed E-state index contributed by atoms with van der Waals surface area (Å²) in [5.74, 6) is -0.823. The minimum atomic E-state index is -1.08. The van der Waals surface area contributed by atoms with E-state index >= 15 is 0 Å². The van der Waals surface area contributed by atoms with Gasteiger partial charge in [-0.2, -0.15) is 0 Å². The predicted octanol–water partition coefficient (Wildman–Crippen LogP) is 1.99. The van der Waals surface area contributed by atoms with E-state index in [4.69, 9.17) is 18.6 Å². The van der Waals surface area contributed by atoms with Crippen molar-refractivity contribution in [2.24, 2.45) is 0 Å². The Morgan fingerprint density at radius 3 is 2.36 bits per heavy atom. The van der Waals surface area contributed by atoms with Crippen LogP contribution in [0.15, 0.2) is 41.0 Å². The summed E-state index contributed by atoms with van der Waals surface area (Å²) in [5, 5.41) is 5.06. The van der Waals surface area contributed by atoms with Crippen LogP contribution in [0.25, 0.3) is 0 Å². The number of amides is 2. The topological polar surface area (TPSA) is 116 Å². The molecule has 0 saturated carbocycles. The van der Waals surface area contributed by atoms with E-state index in [1.54, 1.807) is 24.3 Å². The fraction of sp³-hybridized carbons (Fsp3) is 0.316. The Balaban J connectivity index is 1.90. The standard InChI is InChI=1S/C19H22N2O7/c1-11(20-18(23)15-6-5-9-27-15)19(24)28-12(2)17(22)21-13-7-8-14(25-3)16(10-13)26-4/h5-12H,1-4H3,(H,20,23)(H,21,22)/t11-,12-/m0/s1. The van der Waals surface area contributed by atoms with Crippen molar-refractivity contribution in [2.45, 2.75) is 26.0 Å². The van der Waals surface area contributed by atoms with Gasteiger partial charge in [0.15, 0.2) is 23.4 Å². The summed E-state index contributed by atoms with van der Waals surface area (Å²) in [6.07, 6.45) is 0.266. The molecule has 0 aliphatic rings. The molecule has 2 N–H and O–H groups in total. The van der Waals surface area contributed by atoms with Crippen LogP contribution in [0.4, 0.5) is 5.69 Å². The van der Waals surface area contributed by atoms with Gasteiger partial charge in [-0.25, -0.2) is 4.79 Å². The molecule has 9 nitrogen and oxygen atoms in total. The molecular weight excluding hydrogens is 368 g/mol. The number of hydrogen-bond donors (Lipinski definition) is 2. The Kier molecular flexibility index (Phi) is 7.02. The molecule has 0 saturated heterocycles. The van der Waals surface area contributed by atoms with E-state index in [0.29, 0.717) is 17.2 Å². The lowest BCUT2D eigenvalue weighted by Crippen LogP contribution is -2.42. The normalized spacial score (nSPS) is 12.4. The summed E-state index contributed by atoms with van der Waals surface area (Å²) in [7, 11) is 2.98. The highest BCUT2D eigenvalue weighted by Crippen LogP contribution is 2.29. The molecule has 0 aliphatic carbocycles. The zero-order valence-corrected chi connectivity index (χ0v) is 16.0. The summed E-state index contributed by atoms with van der Waals surface area (Å²) in [6, 6.07) is 6.90. The van der Waals surface area contributed by atoms with Gasteiger partial charge in [0, 0.05) is 11.8 Å². The van der Waals surface area contributed by atoms with Gasteiger partial charge in [0.25, 0.3) is 11.8 Å². The summed E-state index contributed by atoms with van der Waals surface area (Å²) in [5.41, 5.74) is 0.449. The maximum Gasteiger partial charge on any atom is 0.329 e. The van der Waals surface area contributed by atoms with Crippen LogP contribution in [0.2, 0.25) is 0 Å². The highest BCUT2D eigenvalue weighted by Gasteiger charge is 2.24. The van der Waals surface area contributed by atoms with Crippen molar-refractivity contribution >= 4 is 23.5 Å². The van der Waals surface area contributed by atoms with Crippen LogP contribution >= 0.6 is 0 Å². The maximum absolute atomic E-state index is 12.3. The van der Waals surface area contributed by atoms with Gasteiger partial charge in [-0.15, -0.1) is 0 Å². The van der Waals surface area contributed by atoms with Crippen LogP contribution in [0.5, 0.6) is 11.5 Å². The molecule has 28 heavy (non-hydrogen) atoms. The highest BCUT2D eigenvalue weighted by molar-refractivity contribution is 5.97. The van der Waals surface area contributed by atoms with Crippen molar-refractivity contribution in [3.8, 4) is 11.5 Å². The molecule has 9 heteroatoms. The third kappa shape index (κ3) is 5.26. The number of ether oxygens (including phenoxy) is 3. The number of hydrogen-bond acceptors (Lipinski definition) is 7. The molecule has 2 aromatic rings. The van der Waals surface area contributed by atoms with Crippen molar-refractivity contribution in [1.29, 1.82) is 0 Å². The lowest BCUT2D eigenvalue weighted by molar-refractivity contribution is -0.154. The van der Waals surface area contributed by atoms with E-state index in [0.717, 1.165) is 0 Å². The smallest absolute Gasteiger partial charge is 0.329 e. The van der Waals surface area contributed by atoms with E-state index in [-0.39, 0.29) is 5.76 Å². The van der Waals surface area contributed by atoms with E-state index < -0.39 is 29.9 Å². The summed E-state index contributed by atoms with van der Waals surface area (Å²) < 4.78 is 20.4. The van der Waals surface area contributed by atoms with E-state index in [9.17, 15) is 14.4 Å². The van der Waals surface area contributed by atoms with Crippen LogP contribution < -0.4 is 20.1 Å². The second-order valence-corrected chi connectivity index (χ2v) is 5.81. The number of carbonyl (C=O) groups is 3. The van der Waals surface area contributed by atoms with Crippen molar-refractivity contribution in [1.82, 2.24) is 5.32 Å². The van der Waals surface area contributed by atoms with Gasteiger partial charge in [-0.3, -0.25) is 9.59 Å². The number of nitrogens with one attached hydrogen (secondary N) is 2. The number of benzene rings is 1. The summed E-state index contributed by atoms with van der Waals surface area (Å²) in [4.78, 5) is 36.3. The lowest BCUT2D eigenvalue weighted by Gasteiger charge is -2.17. The fourth-order valence-corrected chi connectivity index (χ4v) is 2.22. The van der Waals surface area contributed by atoms with Gasteiger partial charge >= 0.3 is 5.97 Å². The van der Waals surface area contributed by atoms with Crippen LogP contribution in [0.3, 0.4) is 0 Å². The number of anilines is 1. The maximum atomic E-state index is 12.3. The van der Waals surface area contributed by atoms with Crippen LogP contribution in [0, 0.1) is 0 Å². The minimum Gasteiger partial charge on any atom is -0.493 e. The SMILES string of the molecule is COc1ccc(NC(=O)[C@H](C)OC(=O)[C@H](C)NC(=O)c2ccco2)cc1OC. The number of carbonyl (C=O) groups excluding carboxylic acids is 3. The first-order valence-corrected chi connectivity index (χ1v) is 8.43. The first-order chi connectivity index (χ1) is 13.3. The largest absolute Gasteiger partial charge is 0.493 e. The molecule has 0 bridgehead atoms. The molecule has 0 spiro atoms. The molecule has 0 fully saturated rings. The first-order valence-electron chi connectivity index (χ1n) is 8.43. The first kappa shape index (κ1) is 20.8. The molecule has 2 rings (SSSR count). The van der Waals surface area contributed by atoms with Crippen molar-refractivity contribution < 1.29 is 33.0 Å². The molecule has 0 unspecified atom stereocenters. The Morgan fingerprint density at radius 2 is 1.75 bits per heavy atom. The van der Waals surface area contributed by atoms with Crippen molar-refractivity contribution in [2.75, 3.05) is 19.5 Å². The number of furan rings is 1. The van der Waals surface area contributed by atoms with Crippen molar-refractivity contribution in [3.63, 3.8) is 0 Å². The zero-order valence-electron chi connectivity index (χ0n) is 16.0. The Hall–Kier alpha value is -3.49. The summed E-state index contributed by atoms with van der Waals surface area (Å²) in [6.45, 7) is 2.87. The number of methoxy groups -OCH3 is 2. The highest BCUT2D eigenvalue weighted by atomic mass is 16.5. The van der Waals surface area contributed by atoms with Gasteiger partial charge < -0.3 is 29.3 Å². The molecule has 0 radical (unpaired) electrons. The Bertz CT molecular complexity index is 833. The second kappa shape index (κ2) is 9.45. The molecule has 2 amide bonds. The van der Waals surface area contributed by atoms with Gasteiger partial charge in [0.05, 0.1) is 20.5 Å². The van der Waals surface area contributed by atoms with Gasteiger partial charge in [0.1, 0.15) is 6.04 Å². The molecule has 1 heterocycles. The molecule has 1 aromatic carbocycles. The quantitative estimate of drug-likeness (QED) is 0.662. The summed E-state index contributed by atoms with van der Waals surface area (Å²) >= 11 is 0. The van der Waals surface area contributed by atoms with Crippen LogP contribution in [-0.2, 0) is 14.3 Å². The third-order valence-electron chi connectivity index (χ3n) is 3.76. The number of rotatable bonds is 8. The average molecular weight is 390 g/mol. The Labute approximate surface area is 161 Å². The molecular formula is C19H22N2O7. The molecule has 0 aliphatic heterocycles. The van der Waals surface area contributed by atoms with Gasteiger partial charge in [0.2, 0.25) is 0 Å². The van der Waals surface area contributed by atoms with E-state index in [1.165, 1.54) is 40.4 Å². The van der Waals surface area contributed by atoms with Gasteiger partial charge in [-0.1, -0.05) is 0 Å². The monoisotopic (exact) mass is 390 g/mol. The Morgan fingerprint density at radius 1 is 1.04 bits per heavy atom. The third-order valence-corrected chi connectivity index (χ3v) is 3.76. The predicted molar refractivity (Wildman–Crippen MR) is 99.4 cm³/mol. The molecule has 150 valence electrons. The van der Waals surface area contributed by atoms with E-state index in [1.807, 2.05) is 0 Å². The van der Waals surface area contributed by atoms with E-state index in [2.05, 4.69) is 10.6 Å². The zero-order chi connectivity index (χ0) is 20.7. The minimum absolute atomic E-state index is 0.0684. The molecule has 2 atom stereocenters. The van der Waals surface area contributed by atoms with Crippen molar-refractivity contribution in [3.05, 3.63) is 42.4 Å². The number of esters is 1.